The standard InChI is InChI=1S/C14H10N4OS/c1-2-6-12(20-14-17-9-4-10-18-14)11(5-1)19-13-15-7-3-8-16-13/h1-10H. The van der Waals surface area contributed by atoms with Crippen molar-refractivity contribution < 1.29 is 4.74 Å². The molecule has 5 nitrogen and oxygen atoms in total. The zero-order valence-electron chi connectivity index (χ0n) is 10.4. The van der Waals surface area contributed by atoms with Crippen molar-refractivity contribution in [3.8, 4) is 11.8 Å². The van der Waals surface area contributed by atoms with Crippen molar-refractivity contribution in [1.82, 2.24) is 19.9 Å². The van der Waals surface area contributed by atoms with Gasteiger partial charge in [-0.15, -0.1) is 0 Å². The normalized spacial score (nSPS) is 10.2. The molecule has 6 heteroatoms. The first-order valence-electron chi connectivity index (χ1n) is 5.90. The fourth-order valence-electron chi connectivity index (χ4n) is 1.49. The number of nitrogens with zero attached hydrogens (tertiary/aromatic N) is 4. The Labute approximate surface area is 120 Å². The average Bonchev–Trinajstić information content (AvgIpc) is 2.51. The van der Waals surface area contributed by atoms with E-state index in [2.05, 4.69) is 19.9 Å². The number of ether oxygens (including phenoxy) is 1. The molecule has 0 aliphatic heterocycles. The molecule has 0 saturated heterocycles. The van der Waals surface area contributed by atoms with Gasteiger partial charge in [-0.25, -0.2) is 19.9 Å². The van der Waals surface area contributed by atoms with Gasteiger partial charge in [0.1, 0.15) is 5.75 Å². The fourth-order valence-corrected chi connectivity index (χ4v) is 2.27. The summed E-state index contributed by atoms with van der Waals surface area (Å²) in [6.45, 7) is 0. The number of benzene rings is 1. The van der Waals surface area contributed by atoms with E-state index in [4.69, 9.17) is 4.74 Å². The van der Waals surface area contributed by atoms with Gasteiger partial charge in [-0.1, -0.05) is 12.1 Å². The average molecular weight is 282 g/mol. The predicted molar refractivity (Wildman–Crippen MR) is 74.7 cm³/mol. The Morgan fingerprint density at radius 2 is 1.40 bits per heavy atom. The van der Waals surface area contributed by atoms with Crippen molar-refractivity contribution in [3.05, 3.63) is 61.2 Å². The van der Waals surface area contributed by atoms with E-state index in [1.165, 1.54) is 11.8 Å². The maximum absolute atomic E-state index is 5.68. The third kappa shape index (κ3) is 3.10. The summed E-state index contributed by atoms with van der Waals surface area (Å²) in [5.41, 5.74) is 0. The summed E-state index contributed by atoms with van der Waals surface area (Å²) in [5, 5.41) is 0.664. The second-order valence-electron chi connectivity index (χ2n) is 3.71. The van der Waals surface area contributed by atoms with Crippen LogP contribution in [0.15, 0.2) is 71.2 Å². The molecule has 0 aliphatic rings. The first-order chi connectivity index (χ1) is 9.92. The summed E-state index contributed by atoms with van der Waals surface area (Å²) in [6, 6.07) is 11.5. The molecule has 0 saturated carbocycles. The van der Waals surface area contributed by atoms with Crippen LogP contribution in [0.5, 0.6) is 11.8 Å². The summed E-state index contributed by atoms with van der Waals surface area (Å²) in [5.74, 6) is 0.677. The van der Waals surface area contributed by atoms with Crippen molar-refractivity contribution in [1.29, 1.82) is 0 Å². The molecular formula is C14H10N4OS. The Hall–Kier alpha value is -2.47. The summed E-state index contributed by atoms with van der Waals surface area (Å²) in [7, 11) is 0. The Morgan fingerprint density at radius 3 is 2.15 bits per heavy atom. The van der Waals surface area contributed by atoms with E-state index in [0.29, 0.717) is 16.9 Å². The molecule has 3 rings (SSSR count). The third-order valence-corrected chi connectivity index (χ3v) is 3.29. The lowest BCUT2D eigenvalue weighted by molar-refractivity contribution is 0.432. The maximum Gasteiger partial charge on any atom is 0.321 e. The van der Waals surface area contributed by atoms with E-state index in [1.54, 1.807) is 36.9 Å². The Bertz CT molecular complexity index is 619. The summed E-state index contributed by atoms with van der Waals surface area (Å²) in [6.07, 6.45) is 6.69. The minimum Gasteiger partial charge on any atom is -0.423 e. The summed E-state index contributed by atoms with van der Waals surface area (Å²) in [4.78, 5) is 17.4. The van der Waals surface area contributed by atoms with Crippen LogP contribution in [0.25, 0.3) is 0 Å². The molecule has 0 bridgehead atoms. The van der Waals surface area contributed by atoms with Crippen molar-refractivity contribution in [2.24, 2.45) is 0 Å². The molecule has 2 heterocycles. The summed E-state index contributed by atoms with van der Waals surface area (Å²) < 4.78 is 5.68. The zero-order valence-corrected chi connectivity index (χ0v) is 11.2. The molecule has 1 aromatic carbocycles. The van der Waals surface area contributed by atoms with Gasteiger partial charge in [-0.2, -0.15) is 0 Å². The van der Waals surface area contributed by atoms with Gasteiger partial charge in [0.15, 0.2) is 5.16 Å². The Morgan fingerprint density at radius 1 is 0.750 bits per heavy atom. The molecule has 98 valence electrons. The van der Waals surface area contributed by atoms with Gasteiger partial charge in [-0.3, -0.25) is 0 Å². The van der Waals surface area contributed by atoms with Gasteiger partial charge in [0, 0.05) is 24.8 Å². The van der Waals surface area contributed by atoms with E-state index in [0.717, 1.165) is 4.90 Å². The zero-order chi connectivity index (χ0) is 13.6. The highest BCUT2D eigenvalue weighted by Crippen LogP contribution is 2.34. The van der Waals surface area contributed by atoms with E-state index >= 15 is 0 Å². The molecule has 0 radical (unpaired) electrons. The van der Waals surface area contributed by atoms with Crippen LogP contribution in [0.3, 0.4) is 0 Å². The van der Waals surface area contributed by atoms with Gasteiger partial charge in [0.2, 0.25) is 0 Å². The topological polar surface area (TPSA) is 60.8 Å². The largest absolute Gasteiger partial charge is 0.423 e. The monoisotopic (exact) mass is 282 g/mol. The van der Waals surface area contributed by atoms with Crippen LogP contribution in [0.1, 0.15) is 0 Å². The van der Waals surface area contributed by atoms with Gasteiger partial charge in [0.05, 0.1) is 4.90 Å². The molecule has 0 atom stereocenters. The molecule has 0 amide bonds. The highest BCUT2D eigenvalue weighted by molar-refractivity contribution is 7.99. The molecule has 0 unspecified atom stereocenters. The van der Waals surface area contributed by atoms with Crippen LogP contribution in [0, 0.1) is 0 Å². The van der Waals surface area contributed by atoms with Crippen LogP contribution in [-0.2, 0) is 0 Å². The number of hydrogen-bond acceptors (Lipinski definition) is 6. The lowest BCUT2D eigenvalue weighted by atomic mass is 10.3. The van der Waals surface area contributed by atoms with Gasteiger partial charge in [-0.05, 0) is 36.0 Å². The highest BCUT2D eigenvalue weighted by atomic mass is 32.2. The lowest BCUT2D eigenvalue weighted by Gasteiger charge is -2.08. The first kappa shape index (κ1) is 12.6. The van der Waals surface area contributed by atoms with Crippen LogP contribution in [-0.4, -0.2) is 19.9 Å². The highest BCUT2D eigenvalue weighted by Gasteiger charge is 2.08. The number of rotatable bonds is 4. The smallest absolute Gasteiger partial charge is 0.321 e. The van der Waals surface area contributed by atoms with Crippen LogP contribution >= 0.6 is 11.8 Å². The molecule has 2 aromatic heterocycles. The maximum atomic E-state index is 5.68. The van der Waals surface area contributed by atoms with Crippen LogP contribution in [0.2, 0.25) is 0 Å². The SMILES string of the molecule is c1cnc(Oc2ccccc2Sc2ncccn2)nc1. The second kappa shape index (κ2) is 6.12. The molecular weight excluding hydrogens is 272 g/mol. The van der Waals surface area contributed by atoms with E-state index in [1.807, 2.05) is 24.3 Å². The Balaban J connectivity index is 1.85. The minimum atomic E-state index is 0.314. The van der Waals surface area contributed by atoms with Gasteiger partial charge in [0.25, 0.3) is 0 Å². The molecule has 0 fully saturated rings. The molecule has 0 spiro atoms. The number of hydrogen-bond donors (Lipinski definition) is 0. The van der Waals surface area contributed by atoms with Crippen molar-refractivity contribution >= 4 is 11.8 Å². The molecule has 20 heavy (non-hydrogen) atoms. The fraction of sp³-hybridized carbons (Fsp3) is 0. The first-order valence-corrected chi connectivity index (χ1v) is 6.72. The molecule has 0 aliphatic carbocycles. The van der Waals surface area contributed by atoms with Gasteiger partial charge >= 0.3 is 6.01 Å². The van der Waals surface area contributed by atoms with Crippen molar-refractivity contribution in [2.45, 2.75) is 10.1 Å². The third-order valence-electron chi connectivity index (χ3n) is 2.34. The number of para-hydroxylation sites is 1. The van der Waals surface area contributed by atoms with Crippen LogP contribution < -0.4 is 4.74 Å². The van der Waals surface area contributed by atoms with E-state index < -0.39 is 0 Å². The summed E-state index contributed by atoms with van der Waals surface area (Å²) >= 11 is 1.43. The molecule has 3 aromatic rings. The van der Waals surface area contributed by atoms with Gasteiger partial charge < -0.3 is 4.74 Å². The predicted octanol–water partition coefficient (Wildman–Crippen LogP) is 3.21. The minimum absolute atomic E-state index is 0.314. The van der Waals surface area contributed by atoms with Crippen molar-refractivity contribution in [2.75, 3.05) is 0 Å². The lowest BCUT2D eigenvalue weighted by Crippen LogP contribution is -1.92. The van der Waals surface area contributed by atoms with Crippen molar-refractivity contribution in [3.63, 3.8) is 0 Å². The second-order valence-corrected chi connectivity index (χ2v) is 4.72. The van der Waals surface area contributed by atoms with E-state index in [-0.39, 0.29) is 0 Å². The Kier molecular flexibility index (Phi) is 3.84. The van der Waals surface area contributed by atoms with E-state index in [9.17, 15) is 0 Å². The number of aromatic nitrogens is 4. The van der Waals surface area contributed by atoms with Crippen LogP contribution in [0.4, 0.5) is 0 Å². The quantitative estimate of drug-likeness (QED) is 0.685. The molecule has 0 N–H and O–H groups in total.